The quantitative estimate of drug-likeness (QED) is 0.775. The normalized spacial score (nSPS) is 14.1. The summed E-state index contributed by atoms with van der Waals surface area (Å²) in [4.78, 5) is 16.7. The summed E-state index contributed by atoms with van der Waals surface area (Å²) < 4.78 is 13.0. The van der Waals surface area contributed by atoms with E-state index in [9.17, 15) is 9.18 Å². The lowest BCUT2D eigenvalue weighted by Gasteiger charge is -2.14. The van der Waals surface area contributed by atoms with Crippen LogP contribution in [0.2, 0.25) is 0 Å². The summed E-state index contributed by atoms with van der Waals surface area (Å²) >= 11 is 0. The molecule has 0 aliphatic heterocycles. The molecule has 0 radical (unpaired) electrons. The fraction of sp³-hybridized carbons (Fsp3) is 0.462. The van der Waals surface area contributed by atoms with Crippen LogP contribution in [0.25, 0.3) is 0 Å². The number of hydroxylamine groups is 1. The zero-order valence-corrected chi connectivity index (χ0v) is 10.2. The molecule has 3 nitrogen and oxygen atoms in total. The highest BCUT2D eigenvalue weighted by Crippen LogP contribution is 2.08. The van der Waals surface area contributed by atoms with Crippen LogP contribution in [0.3, 0.4) is 0 Å². The number of benzene rings is 1. The Hall–Kier alpha value is -1.42. The number of hydrogen-bond acceptors (Lipinski definition) is 2. The minimum atomic E-state index is -0.890. The van der Waals surface area contributed by atoms with Gasteiger partial charge in [0.05, 0.1) is 6.10 Å². The van der Waals surface area contributed by atoms with Crippen LogP contribution in [0.5, 0.6) is 0 Å². The Morgan fingerprint density at radius 3 is 2.65 bits per heavy atom. The van der Waals surface area contributed by atoms with Crippen LogP contribution in [-0.4, -0.2) is 18.2 Å². The van der Waals surface area contributed by atoms with Crippen molar-refractivity contribution < 1.29 is 14.0 Å². The monoisotopic (exact) mass is 239 g/mol. The van der Waals surface area contributed by atoms with Crippen LogP contribution in [0.4, 0.5) is 4.39 Å². The number of halogens is 1. The predicted molar refractivity (Wildman–Crippen MR) is 64.3 cm³/mol. The van der Waals surface area contributed by atoms with E-state index in [4.69, 9.17) is 4.84 Å². The second-order valence-corrected chi connectivity index (χ2v) is 3.97. The molecule has 0 heterocycles. The molecule has 0 aromatic heterocycles. The predicted octanol–water partition coefficient (Wildman–Crippen LogP) is 2.87. The van der Waals surface area contributed by atoms with Gasteiger partial charge in [-0.15, -0.1) is 0 Å². The van der Waals surface area contributed by atoms with E-state index in [2.05, 4.69) is 5.48 Å². The van der Waals surface area contributed by atoms with Crippen LogP contribution in [0.15, 0.2) is 30.3 Å². The number of carbonyl (C=O) groups is 1. The van der Waals surface area contributed by atoms with E-state index in [0.29, 0.717) is 12.0 Å². The Morgan fingerprint density at radius 1 is 1.41 bits per heavy atom. The molecule has 1 aromatic carbocycles. The SMILES string of the molecule is CCC(F)CC(C)ONC(=O)c1ccccc1. The van der Waals surface area contributed by atoms with Gasteiger partial charge >= 0.3 is 0 Å². The molecule has 0 aliphatic rings. The average molecular weight is 239 g/mol. The topological polar surface area (TPSA) is 38.3 Å². The first-order valence-electron chi connectivity index (χ1n) is 5.78. The van der Waals surface area contributed by atoms with E-state index in [0.717, 1.165) is 0 Å². The molecule has 0 saturated carbocycles. The molecule has 1 amide bonds. The van der Waals surface area contributed by atoms with Crippen molar-refractivity contribution in [3.63, 3.8) is 0 Å². The van der Waals surface area contributed by atoms with Gasteiger partial charge in [0, 0.05) is 12.0 Å². The smallest absolute Gasteiger partial charge is 0.270 e. The fourth-order valence-corrected chi connectivity index (χ4v) is 1.38. The van der Waals surface area contributed by atoms with Gasteiger partial charge < -0.3 is 0 Å². The van der Waals surface area contributed by atoms with E-state index in [1.54, 1.807) is 38.1 Å². The molecule has 94 valence electrons. The molecule has 1 rings (SSSR count). The Morgan fingerprint density at radius 2 is 2.06 bits per heavy atom. The molecular formula is C13H18FNO2. The molecule has 2 unspecified atom stereocenters. The van der Waals surface area contributed by atoms with Gasteiger partial charge in [-0.1, -0.05) is 25.1 Å². The molecule has 0 fully saturated rings. The minimum absolute atomic E-state index is 0.283. The lowest BCUT2D eigenvalue weighted by molar-refractivity contribution is -0.0202. The Labute approximate surface area is 101 Å². The molecule has 1 aromatic rings. The highest BCUT2D eigenvalue weighted by atomic mass is 19.1. The number of rotatable bonds is 6. The maximum atomic E-state index is 13.0. The number of hydrogen-bond donors (Lipinski definition) is 1. The van der Waals surface area contributed by atoms with Gasteiger partial charge in [0.2, 0.25) is 0 Å². The van der Waals surface area contributed by atoms with Crippen LogP contribution in [0.1, 0.15) is 37.0 Å². The first-order valence-corrected chi connectivity index (χ1v) is 5.78. The van der Waals surface area contributed by atoms with E-state index in [1.165, 1.54) is 0 Å². The van der Waals surface area contributed by atoms with Crippen molar-refractivity contribution >= 4 is 5.91 Å². The van der Waals surface area contributed by atoms with Gasteiger partial charge in [0.1, 0.15) is 6.17 Å². The van der Waals surface area contributed by atoms with E-state index >= 15 is 0 Å². The Kier molecular flexibility index (Phi) is 5.63. The maximum absolute atomic E-state index is 13.0. The summed E-state index contributed by atoms with van der Waals surface area (Å²) in [5.41, 5.74) is 2.84. The zero-order valence-electron chi connectivity index (χ0n) is 10.2. The van der Waals surface area contributed by atoms with Crippen LogP contribution < -0.4 is 5.48 Å². The van der Waals surface area contributed by atoms with Gasteiger partial charge in [-0.3, -0.25) is 9.63 Å². The number of amides is 1. The van der Waals surface area contributed by atoms with Crippen molar-refractivity contribution in [3.8, 4) is 0 Å². The summed E-state index contributed by atoms with van der Waals surface area (Å²) in [6.07, 6.45) is -0.484. The van der Waals surface area contributed by atoms with Crippen molar-refractivity contribution in [1.29, 1.82) is 0 Å². The largest absolute Gasteiger partial charge is 0.274 e. The highest BCUT2D eigenvalue weighted by Gasteiger charge is 2.12. The molecule has 1 N–H and O–H groups in total. The fourth-order valence-electron chi connectivity index (χ4n) is 1.38. The summed E-state index contributed by atoms with van der Waals surface area (Å²) in [5, 5.41) is 0. The molecule has 0 aliphatic carbocycles. The third-order valence-corrected chi connectivity index (χ3v) is 2.42. The first-order chi connectivity index (χ1) is 8.13. The molecule has 4 heteroatoms. The summed E-state index contributed by atoms with van der Waals surface area (Å²) in [7, 11) is 0. The third kappa shape index (κ3) is 4.95. The Balaban J connectivity index is 2.33. The van der Waals surface area contributed by atoms with Gasteiger partial charge in [-0.05, 0) is 25.5 Å². The standard InChI is InChI=1S/C13H18FNO2/c1-3-12(14)9-10(2)17-15-13(16)11-7-5-4-6-8-11/h4-8,10,12H,3,9H2,1-2H3,(H,15,16). The van der Waals surface area contributed by atoms with E-state index in [1.807, 2.05) is 6.07 Å². The zero-order chi connectivity index (χ0) is 12.7. The molecule has 0 saturated heterocycles. The van der Waals surface area contributed by atoms with Crippen molar-refractivity contribution in [2.45, 2.75) is 39.0 Å². The van der Waals surface area contributed by atoms with Gasteiger partial charge in [-0.25, -0.2) is 9.87 Å². The summed E-state index contributed by atoms with van der Waals surface area (Å²) in [6, 6.07) is 8.75. The van der Waals surface area contributed by atoms with Crippen LogP contribution in [0, 0.1) is 0 Å². The maximum Gasteiger partial charge on any atom is 0.274 e. The molecule has 0 bridgehead atoms. The third-order valence-electron chi connectivity index (χ3n) is 2.42. The van der Waals surface area contributed by atoms with Crippen molar-refractivity contribution in [2.75, 3.05) is 0 Å². The lowest BCUT2D eigenvalue weighted by Crippen LogP contribution is -2.29. The van der Waals surface area contributed by atoms with Crippen LogP contribution >= 0.6 is 0 Å². The molecule has 0 spiro atoms. The summed E-state index contributed by atoms with van der Waals surface area (Å²) in [6.45, 7) is 3.51. The number of alkyl halides is 1. The van der Waals surface area contributed by atoms with Crippen molar-refractivity contribution in [3.05, 3.63) is 35.9 Å². The van der Waals surface area contributed by atoms with Crippen molar-refractivity contribution in [1.82, 2.24) is 5.48 Å². The molecular weight excluding hydrogens is 221 g/mol. The lowest BCUT2D eigenvalue weighted by atomic mass is 10.1. The Bertz CT molecular complexity index is 343. The van der Waals surface area contributed by atoms with E-state index in [-0.39, 0.29) is 18.4 Å². The van der Waals surface area contributed by atoms with E-state index < -0.39 is 6.17 Å². The second-order valence-electron chi connectivity index (χ2n) is 3.97. The van der Waals surface area contributed by atoms with Gasteiger partial charge in [0.15, 0.2) is 0 Å². The van der Waals surface area contributed by atoms with Crippen molar-refractivity contribution in [2.24, 2.45) is 0 Å². The van der Waals surface area contributed by atoms with Crippen LogP contribution in [-0.2, 0) is 4.84 Å². The summed E-state index contributed by atoms with van der Waals surface area (Å²) in [5.74, 6) is -0.315. The number of carbonyl (C=O) groups excluding carboxylic acids is 1. The first kappa shape index (κ1) is 13.6. The average Bonchev–Trinajstić information content (AvgIpc) is 2.36. The van der Waals surface area contributed by atoms with Gasteiger partial charge in [-0.2, -0.15) is 0 Å². The highest BCUT2D eigenvalue weighted by molar-refractivity contribution is 5.93. The minimum Gasteiger partial charge on any atom is -0.270 e. The molecule has 2 atom stereocenters. The van der Waals surface area contributed by atoms with Gasteiger partial charge in [0.25, 0.3) is 5.91 Å². The second kappa shape index (κ2) is 7.01. The number of nitrogens with one attached hydrogen (secondary N) is 1. The molecule has 17 heavy (non-hydrogen) atoms.